The molecule has 0 aliphatic rings. The summed E-state index contributed by atoms with van der Waals surface area (Å²) in [6.07, 6.45) is -1.47. The van der Waals surface area contributed by atoms with Crippen molar-refractivity contribution in [2.45, 2.75) is 18.8 Å². The fourth-order valence-corrected chi connectivity index (χ4v) is 1.18. The van der Waals surface area contributed by atoms with Crippen molar-refractivity contribution in [1.29, 1.82) is 0 Å². The third-order valence-electron chi connectivity index (χ3n) is 2.06. The second kappa shape index (κ2) is 4.83. The van der Waals surface area contributed by atoms with Gasteiger partial charge in [0.15, 0.2) is 6.10 Å². The molecule has 1 aromatic carbocycles. The van der Waals surface area contributed by atoms with Crippen molar-refractivity contribution >= 4 is 0 Å². The molecule has 0 spiro atoms. The Hall–Kier alpha value is -1.50. The van der Waals surface area contributed by atoms with Crippen LogP contribution < -0.4 is 6.15 Å². The SMILES string of the molecule is CC(O)C(O)(c1ccccc1)[N+](=O)[O-].N. The van der Waals surface area contributed by atoms with E-state index in [1.807, 2.05) is 0 Å². The summed E-state index contributed by atoms with van der Waals surface area (Å²) in [6, 6.07) is 7.59. The molecule has 0 bridgehead atoms. The molecule has 1 rings (SSSR count). The van der Waals surface area contributed by atoms with Crippen LogP contribution in [-0.2, 0) is 5.72 Å². The van der Waals surface area contributed by atoms with Crippen LogP contribution in [0.4, 0.5) is 0 Å². The minimum absolute atomic E-state index is 0. The lowest BCUT2D eigenvalue weighted by Crippen LogP contribution is -2.44. The van der Waals surface area contributed by atoms with Crippen LogP contribution in [-0.4, -0.2) is 21.2 Å². The van der Waals surface area contributed by atoms with E-state index in [0.717, 1.165) is 0 Å². The van der Waals surface area contributed by atoms with E-state index in [0.29, 0.717) is 0 Å². The summed E-state index contributed by atoms with van der Waals surface area (Å²) < 4.78 is 0. The molecular weight excluding hydrogens is 200 g/mol. The Bertz CT molecular complexity index is 328. The van der Waals surface area contributed by atoms with Crippen LogP contribution in [0.3, 0.4) is 0 Å². The summed E-state index contributed by atoms with van der Waals surface area (Å²) in [5.41, 5.74) is -2.36. The predicted octanol–water partition coefficient (Wildman–Crippen LogP) is 0.651. The first-order valence-corrected chi connectivity index (χ1v) is 4.10. The summed E-state index contributed by atoms with van der Waals surface area (Å²) in [5, 5.41) is 29.6. The second-order valence-corrected chi connectivity index (χ2v) is 3.03. The molecule has 5 N–H and O–H groups in total. The zero-order valence-electron chi connectivity index (χ0n) is 8.33. The Morgan fingerprint density at radius 1 is 1.40 bits per heavy atom. The first-order chi connectivity index (χ1) is 6.49. The highest BCUT2D eigenvalue weighted by atomic mass is 16.7. The zero-order chi connectivity index (χ0) is 10.8. The van der Waals surface area contributed by atoms with Crippen molar-refractivity contribution in [1.82, 2.24) is 6.15 Å². The Labute approximate surface area is 86.9 Å². The lowest BCUT2D eigenvalue weighted by atomic mass is 9.99. The highest BCUT2D eigenvalue weighted by molar-refractivity contribution is 5.20. The first kappa shape index (κ1) is 13.5. The Morgan fingerprint density at radius 3 is 2.20 bits per heavy atom. The van der Waals surface area contributed by atoms with Crippen LogP contribution >= 0.6 is 0 Å². The average molecular weight is 214 g/mol. The number of aliphatic hydroxyl groups excluding tert-OH is 1. The van der Waals surface area contributed by atoms with Crippen LogP contribution in [0.25, 0.3) is 0 Å². The molecule has 0 aliphatic carbocycles. The monoisotopic (exact) mass is 214 g/mol. The predicted molar refractivity (Wildman–Crippen MR) is 54.0 cm³/mol. The lowest BCUT2D eigenvalue weighted by molar-refractivity contribution is -0.648. The highest BCUT2D eigenvalue weighted by Crippen LogP contribution is 2.25. The van der Waals surface area contributed by atoms with Crippen molar-refractivity contribution in [3.05, 3.63) is 46.0 Å². The molecule has 6 heteroatoms. The molecule has 0 saturated carbocycles. The standard InChI is InChI=1S/C9H11NO4.H3N/c1-7(11)9(12,10(13)14)8-5-3-2-4-6-8;/h2-7,11-12H,1H3;1H3. The normalized spacial score (nSPS) is 15.9. The second-order valence-electron chi connectivity index (χ2n) is 3.03. The van der Waals surface area contributed by atoms with Crippen molar-refractivity contribution in [3.8, 4) is 0 Å². The topological polar surface area (TPSA) is 119 Å². The van der Waals surface area contributed by atoms with Crippen LogP contribution in [0, 0.1) is 10.1 Å². The molecule has 0 aliphatic heterocycles. The van der Waals surface area contributed by atoms with Gasteiger partial charge in [-0.3, -0.25) is 10.1 Å². The fourth-order valence-electron chi connectivity index (χ4n) is 1.18. The van der Waals surface area contributed by atoms with Gasteiger partial charge in [-0.15, -0.1) is 0 Å². The van der Waals surface area contributed by atoms with Crippen molar-refractivity contribution in [2.24, 2.45) is 0 Å². The van der Waals surface area contributed by atoms with E-state index in [-0.39, 0.29) is 11.7 Å². The molecule has 2 unspecified atom stereocenters. The average Bonchev–Trinajstić information content (AvgIpc) is 2.17. The molecule has 0 amide bonds. The molecule has 0 saturated heterocycles. The van der Waals surface area contributed by atoms with E-state index in [1.165, 1.54) is 19.1 Å². The van der Waals surface area contributed by atoms with Gasteiger partial charge in [0.25, 0.3) is 0 Å². The minimum Gasteiger partial charge on any atom is -0.383 e. The van der Waals surface area contributed by atoms with E-state index in [2.05, 4.69) is 0 Å². The van der Waals surface area contributed by atoms with Gasteiger partial charge in [0, 0.05) is 0 Å². The molecule has 0 aromatic heterocycles. The van der Waals surface area contributed by atoms with Gasteiger partial charge in [-0.1, -0.05) is 18.2 Å². The minimum atomic E-state index is -2.43. The summed E-state index contributed by atoms with van der Waals surface area (Å²) in [6.45, 7) is 1.18. The van der Waals surface area contributed by atoms with Gasteiger partial charge >= 0.3 is 5.72 Å². The molecule has 1 aromatic rings. The van der Waals surface area contributed by atoms with Crippen molar-refractivity contribution < 1.29 is 15.1 Å². The third kappa shape index (κ3) is 2.30. The Morgan fingerprint density at radius 2 is 1.87 bits per heavy atom. The van der Waals surface area contributed by atoms with Crippen molar-refractivity contribution in [3.63, 3.8) is 0 Å². The number of nitro groups is 1. The van der Waals surface area contributed by atoms with Gasteiger partial charge in [-0.05, 0) is 19.1 Å². The lowest BCUT2D eigenvalue weighted by Gasteiger charge is -2.21. The molecule has 0 heterocycles. The number of benzene rings is 1. The van der Waals surface area contributed by atoms with E-state index >= 15 is 0 Å². The van der Waals surface area contributed by atoms with Gasteiger partial charge in [0.2, 0.25) is 0 Å². The van der Waals surface area contributed by atoms with Crippen LogP contribution in [0.15, 0.2) is 30.3 Å². The number of aliphatic hydroxyl groups is 2. The summed E-state index contributed by atoms with van der Waals surface area (Å²) in [7, 11) is 0. The molecular formula is C9H14N2O4. The number of rotatable bonds is 3. The first-order valence-electron chi connectivity index (χ1n) is 4.10. The van der Waals surface area contributed by atoms with Crippen molar-refractivity contribution in [2.75, 3.05) is 0 Å². The summed E-state index contributed by atoms with van der Waals surface area (Å²) in [4.78, 5) is 9.76. The largest absolute Gasteiger partial charge is 0.383 e. The summed E-state index contributed by atoms with van der Waals surface area (Å²) >= 11 is 0. The molecule has 15 heavy (non-hydrogen) atoms. The van der Waals surface area contributed by atoms with Crippen LogP contribution in [0.5, 0.6) is 0 Å². The van der Waals surface area contributed by atoms with E-state index in [9.17, 15) is 20.3 Å². The van der Waals surface area contributed by atoms with E-state index in [1.54, 1.807) is 18.2 Å². The molecule has 84 valence electrons. The molecule has 2 atom stereocenters. The molecule has 0 radical (unpaired) electrons. The maximum Gasteiger partial charge on any atom is 0.374 e. The quantitative estimate of drug-likeness (QED) is 0.387. The van der Waals surface area contributed by atoms with Gasteiger partial charge in [-0.25, -0.2) is 0 Å². The fraction of sp³-hybridized carbons (Fsp3) is 0.333. The third-order valence-corrected chi connectivity index (χ3v) is 2.06. The van der Waals surface area contributed by atoms with Gasteiger partial charge in [-0.2, -0.15) is 0 Å². The van der Waals surface area contributed by atoms with E-state index in [4.69, 9.17) is 0 Å². The maximum absolute atomic E-state index is 10.7. The number of hydrogen-bond acceptors (Lipinski definition) is 5. The zero-order valence-corrected chi connectivity index (χ0v) is 8.33. The smallest absolute Gasteiger partial charge is 0.374 e. The van der Waals surface area contributed by atoms with Gasteiger partial charge in [0.1, 0.15) is 0 Å². The molecule has 6 nitrogen and oxygen atoms in total. The maximum atomic E-state index is 10.7. The Kier molecular flexibility index (Phi) is 4.35. The van der Waals surface area contributed by atoms with Gasteiger partial charge in [0.05, 0.1) is 10.5 Å². The Balaban J connectivity index is 0.00000196. The number of nitrogens with zero attached hydrogens (tertiary/aromatic N) is 1. The highest BCUT2D eigenvalue weighted by Gasteiger charge is 2.47. The van der Waals surface area contributed by atoms with Gasteiger partial charge < -0.3 is 16.4 Å². The van der Waals surface area contributed by atoms with E-state index < -0.39 is 16.8 Å². The molecule has 0 fully saturated rings. The summed E-state index contributed by atoms with van der Waals surface area (Å²) in [5.74, 6) is 0. The van der Waals surface area contributed by atoms with Crippen LogP contribution in [0.1, 0.15) is 12.5 Å². The van der Waals surface area contributed by atoms with Crippen LogP contribution in [0.2, 0.25) is 0 Å². The number of hydrogen-bond donors (Lipinski definition) is 3.